The molecule has 0 atom stereocenters. The number of fused-ring (bicyclic) bond motifs is 1. The Hall–Kier alpha value is -2.81. The van der Waals surface area contributed by atoms with Gasteiger partial charge in [-0.2, -0.15) is 0 Å². The fraction of sp³-hybridized carbons (Fsp3) is 0.227. The van der Waals surface area contributed by atoms with E-state index in [1.807, 2.05) is 36.4 Å². The molecule has 0 amide bonds. The third kappa shape index (κ3) is 3.22. The second-order valence-corrected chi connectivity index (χ2v) is 6.46. The molecule has 2 aliphatic rings. The molecule has 1 heterocycles. The molecule has 3 heteroatoms. The summed E-state index contributed by atoms with van der Waals surface area (Å²) in [7, 11) is 1.63. The molecule has 0 unspecified atom stereocenters. The van der Waals surface area contributed by atoms with Gasteiger partial charge in [-0.25, -0.2) is 4.79 Å². The van der Waals surface area contributed by atoms with E-state index in [-0.39, 0.29) is 5.97 Å². The average molecular weight is 332 g/mol. The van der Waals surface area contributed by atoms with E-state index in [0.29, 0.717) is 11.3 Å². The Bertz CT molecular complexity index is 873. The molecule has 0 saturated heterocycles. The molecule has 0 N–H and O–H groups in total. The molecule has 25 heavy (non-hydrogen) atoms. The predicted octanol–water partition coefficient (Wildman–Crippen LogP) is 4.56. The highest BCUT2D eigenvalue weighted by Gasteiger charge is 2.23. The maximum Gasteiger partial charge on any atom is 0.343 e. The smallest absolute Gasteiger partial charge is 0.343 e. The lowest BCUT2D eigenvalue weighted by molar-refractivity contribution is -0.130. The van der Waals surface area contributed by atoms with Gasteiger partial charge in [-0.15, -0.1) is 0 Å². The van der Waals surface area contributed by atoms with E-state index in [0.717, 1.165) is 29.7 Å². The highest BCUT2D eigenvalue weighted by atomic mass is 16.5. The van der Waals surface area contributed by atoms with Crippen LogP contribution in [0.25, 0.3) is 11.8 Å². The van der Waals surface area contributed by atoms with Gasteiger partial charge in [-0.1, -0.05) is 24.3 Å². The first-order valence-electron chi connectivity index (χ1n) is 8.65. The quantitative estimate of drug-likeness (QED) is 0.611. The van der Waals surface area contributed by atoms with Crippen molar-refractivity contribution in [1.29, 1.82) is 0 Å². The average Bonchev–Trinajstić information content (AvgIpc) is 3.02. The Labute approximate surface area is 147 Å². The van der Waals surface area contributed by atoms with Gasteiger partial charge in [0.15, 0.2) is 0 Å². The molecule has 0 bridgehead atoms. The molecular formula is C22H20O3. The van der Waals surface area contributed by atoms with Crippen molar-refractivity contribution < 1.29 is 14.3 Å². The van der Waals surface area contributed by atoms with Crippen LogP contribution < -0.4 is 4.74 Å². The SMILES string of the molecule is COc1ccc(C=C2C=C(c3ccc4c(c3)CCCC4)OC2=O)cc1. The van der Waals surface area contributed by atoms with Crippen LogP contribution in [-0.2, 0) is 22.4 Å². The van der Waals surface area contributed by atoms with E-state index < -0.39 is 0 Å². The van der Waals surface area contributed by atoms with Crippen molar-refractivity contribution in [3.05, 3.63) is 76.4 Å². The molecule has 0 fully saturated rings. The van der Waals surface area contributed by atoms with E-state index in [4.69, 9.17) is 9.47 Å². The number of esters is 1. The fourth-order valence-electron chi connectivity index (χ4n) is 3.40. The van der Waals surface area contributed by atoms with Gasteiger partial charge in [0.2, 0.25) is 0 Å². The van der Waals surface area contributed by atoms with Gasteiger partial charge in [0.1, 0.15) is 11.5 Å². The van der Waals surface area contributed by atoms with Crippen molar-refractivity contribution in [3.8, 4) is 5.75 Å². The monoisotopic (exact) mass is 332 g/mol. The van der Waals surface area contributed by atoms with Crippen molar-refractivity contribution in [2.75, 3.05) is 7.11 Å². The predicted molar refractivity (Wildman–Crippen MR) is 98.1 cm³/mol. The summed E-state index contributed by atoms with van der Waals surface area (Å²) in [5.74, 6) is 1.13. The summed E-state index contributed by atoms with van der Waals surface area (Å²) in [6.45, 7) is 0. The Morgan fingerprint density at radius 1 is 1.00 bits per heavy atom. The summed E-state index contributed by atoms with van der Waals surface area (Å²) in [6, 6.07) is 14.0. The number of benzene rings is 2. The second-order valence-electron chi connectivity index (χ2n) is 6.46. The molecule has 2 aromatic carbocycles. The van der Waals surface area contributed by atoms with Crippen LogP contribution >= 0.6 is 0 Å². The van der Waals surface area contributed by atoms with E-state index >= 15 is 0 Å². The van der Waals surface area contributed by atoms with Crippen LogP contribution in [0.5, 0.6) is 5.75 Å². The van der Waals surface area contributed by atoms with Crippen molar-refractivity contribution in [1.82, 2.24) is 0 Å². The van der Waals surface area contributed by atoms with E-state index in [2.05, 4.69) is 18.2 Å². The molecule has 1 aliphatic carbocycles. The molecule has 2 aromatic rings. The summed E-state index contributed by atoms with van der Waals surface area (Å²) in [4.78, 5) is 12.2. The fourth-order valence-corrected chi connectivity index (χ4v) is 3.40. The van der Waals surface area contributed by atoms with Crippen molar-refractivity contribution in [2.45, 2.75) is 25.7 Å². The highest BCUT2D eigenvalue weighted by Crippen LogP contribution is 2.31. The summed E-state index contributed by atoms with van der Waals surface area (Å²) in [5, 5.41) is 0. The second kappa shape index (κ2) is 6.60. The van der Waals surface area contributed by atoms with Crippen LogP contribution in [0.4, 0.5) is 0 Å². The normalized spacial score (nSPS) is 17.9. The summed E-state index contributed by atoms with van der Waals surface area (Å²) in [5.41, 5.74) is 5.29. The lowest BCUT2D eigenvalue weighted by Gasteiger charge is -2.16. The van der Waals surface area contributed by atoms with Gasteiger partial charge in [-0.05, 0) is 72.7 Å². The molecule has 4 rings (SSSR count). The van der Waals surface area contributed by atoms with Gasteiger partial charge < -0.3 is 9.47 Å². The lowest BCUT2D eigenvalue weighted by atomic mass is 9.90. The van der Waals surface area contributed by atoms with Gasteiger partial charge in [0, 0.05) is 5.56 Å². The molecule has 126 valence electrons. The lowest BCUT2D eigenvalue weighted by Crippen LogP contribution is -2.03. The minimum absolute atomic E-state index is 0.302. The van der Waals surface area contributed by atoms with Crippen molar-refractivity contribution in [2.24, 2.45) is 0 Å². The van der Waals surface area contributed by atoms with Crippen molar-refractivity contribution in [3.63, 3.8) is 0 Å². The van der Waals surface area contributed by atoms with Crippen LogP contribution in [0.15, 0.2) is 54.1 Å². The number of carbonyl (C=O) groups is 1. The first-order chi connectivity index (χ1) is 12.2. The number of rotatable bonds is 3. The Kier molecular flexibility index (Phi) is 4.14. The van der Waals surface area contributed by atoms with E-state index in [1.165, 1.54) is 24.0 Å². The molecule has 3 nitrogen and oxygen atoms in total. The Morgan fingerprint density at radius 2 is 1.76 bits per heavy atom. The molecule has 0 saturated carbocycles. The maximum atomic E-state index is 12.2. The summed E-state index contributed by atoms with van der Waals surface area (Å²) < 4.78 is 10.7. The summed E-state index contributed by atoms with van der Waals surface area (Å²) >= 11 is 0. The standard InChI is InChI=1S/C22H20O3/c1-24-20-10-6-15(7-11-20)12-19-14-21(25-22(19)23)18-9-8-16-4-2-3-5-17(16)13-18/h6-14H,2-5H2,1H3. The largest absolute Gasteiger partial charge is 0.497 e. The van der Waals surface area contributed by atoms with Gasteiger partial charge in [0.05, 0.1) is 12.7 Å². The zero-order valence-corrected chi connectivity index (χ0v) is 14.2. The molecule has 0 spiro atoms. The number of hydrogen-bond donors (Lipinski definition) is 0. The molecule has 0 radical (unpaired) electrons. The van der Waals surface area contributed by atoms with E-state index in [1.54, 1.807) is 7.11 Å². The summed E-state index contributed by atoms with van der Waals surface area (Å²) in [6.07, 6.45) is 8.43. The molecular weight excluding hydrogens is 312 g/mol. The van der Waals surface area contributed by atoms with Crippen LogP contribution in [0.1, 0.15) is 35.1 Å². The number of carbonyl (C=O) groups excluding carboxylic acids is 1. The van der Waals surface area contributed by atoms with E-state index in [9.17, 15) is 4.79 Å². The van der Waals surface area contributed by atoms with Crippen molar-refractivity contribution >= 4 is 17.8 Å². The first-order valence-corrected chi connectivity index (χ1v) is 8.65. The Morgan fingerprint density at radius 3 is 2.52 bits per heavy atom. The van der Waals surface area contributed by atoms with Crippen LogP contribution in [0.2, 0.25) is 0 Å². The topological polar surface area (TPSA) is 35.5 Å². The van der Waals surface area contributed by atoms with Gasteiger partial charge >= 0.3 is 5.97 Å². The van der Waals surface area contributed by atoms with Crippen LogP contribution in [-0.4, -0.2) is 13.1 Å². The number of hydrogen-bond acceptors (Lipinski definition) is 3. The van der Waals surface area contributed by atoms with Crippen LogP contribution in [0.3, 0.4) is 0 Å². The van der Waals surface area contributed by atoms with Crippen LogP contribution in [0, 0.1) is 0 Å². The Balaban J connectivity index is 1.62. The minimum atomic E-state index is -0.302. The minimum Gasteiger partial charge on any atom is -0.497 e. The third-order valence-corrected chi connectivity index (χ3v) is 4.80. The number of cyclic esters (lactones) is 1. The maximum absolute atomic E-state index is 12.2. The highest BCUT2D eigenvalue weighted by molar-refractivity contribution is 6.05. The third-order valence-electron chi connectivity index (χ3n) is 4.80. The number of ether oxygens (including phenoxy) is 2. The number of aryl methyl sites for hydroxylation is 2. The zero-order chi connectivity index (χ0) is 17.2. The number of methoxy groups -OCH3 is 1. The van der Waals surface area contributed by atoms with Gasteiger partial charge in [0.25, 0.3) is 0 Å². The van der Waals surface area contributed by atoms with Gasteiger partial charge in [-0.3, -0.25) is 0 Å². The molecule has 1 aliphatic heterocycles. The first kappa shape index (κ1) is 15.7. The molecule has 0 aromatic heterocycles. The zero-order valence-electron chi connectivity index (χ0n) is 14.2.